The molecular weight excluding hydrogens is 861 g/mol. The molecule has 0 aromatic carbocycles. The normalized spacial score (nSPS) is 13.6. The first-order valence-electron chi connectivity index (χ1n) is 27.7. The molecule has 0 aliphatic rings. The molecular formula is C65H100O5. The molecule has 0 fully saturated rings. The molecule has 0 aromatic rings. The Morgan fingerprint density at radius 2 is 0.571 bits per heavy atom. The third kappa shape index (κ3) is 55.9. The van der Waals surface area contributed by atoms with Gasteiger partial charge in [-0.25, -0.2) is 0 Å². The van der Waals surface area contributed by atoms with Crippen LogP contribution in [0.1, 0.15) is 206 Å². The molecule has 0 heterocycles. The first kappa shape index (κ1) is 65.3. The Balaban J connectivity index is 3.66. The summed E-state index contributed by atoms with van der Waals surface area (Å²) in [5.41, 5.74) is 0. The zero-order valence-corrected chi connectivity index (χ0v) is 44.5. The van der Waals surface area contributed by atoms with Gasteiger partial charge in [0.2, 0.25) is 0 Å². The second-order valence-corrected chi connectivity index (χ2v) is 17.5. The fourth-order valence-corrected chi connectivity index (χ4v) is 6.93. The van der Waals surface area contributed by atoms with Gasteiger partial charge < -0.3 is 14.6 Å². The highest BCUT2D eigenvalue weighted by Gasteiger charge is 2.16. The van der Waals surface area contributed by atoms with Crippen LogP contribution in [0, 0.1) is 0 Å². The van der Waals surface area contributed by atoms with Gasteiger partial charge in [0.15, 0.2) is 6.10 Å². The number of hydrogen-bond donors (Lipinski definition) is 1. The van der Waals surface area contributed by atoms with Crippen LogP contribution in [-0.2, 0) is 19.1 Å². The van der Waals surface area contributed by atoms with E-state index in [-0.39, 0.29) is 25.2 Å². The van der Waals surface area contributed by atoms with Gasteiger partial charge in [0.25, 0.3) is 0 Å². The van der Waals surface area contributed by atoms with Gasteiger partial charge in [-0.2, -0.15) is 0 Å². The molecule has 5 nitrogen and oxygen atoms in total. The summed E-state index contributed by atoms with van der Waals surface area (Å²) in [6, 6.07) is 0. The maximum Gasteiger partial charge on any atom is 0.306 e. The molecule has 70 heavy (non-hydrogen) atoms. The van der Waals surface area contributed by atoms with E-state index in [1.807, 2.05) is 0 Å². The standard InChI is InChI=1S/C65H100O5/c1-3-5-7-9-11-13-15-17-19-21-23-25-27-29-31-32-34-36-38-40-42-44-46-48-50-52-54-56-58-60-65(68)70-63(61-66)62-69-64(67)59-57-55-53-51-49-47-45-43-41-39-37-35-33-30-28-26-24-22-20-18-16-14-12-10-8-6-4-2/h5-8,11-14,17-20,23-26,29-31,33-34,36-37,39-40,42-43,45,63,66H,3-4,9-10,15-16,21-22,27-28,32,35,38,41,44,46-62H2,1-2H3/b7-5-,8-6-,13-11-,14-12-,19-17-,20-18-,25-23-,26-24-,31-29-,33-30-,36-34-,39-37-,42-40-,45-43-. The summed E-state index contributed by atoms with van der Waals surface area (Å²) in [6.07, 6.45) is 91.6. The van der Waals surface area contributed by atoms with Crippen molar-refractivity contribution in [2.24, 2.45) is 0 Å². The van der Waals surface area contributed by atoms with Crippen molar-refractivity contribution in [1.82, 2.24) is 0 Å². The van der Waals surface area contributed by atoms with Crippen molar-refractivity contribution in [3.8, 4) is 0 Å². The van der Waals surface area contributed by atoms with Gasteiger partial charge in [-0.15, -0.1) is 0 Å². The van der Waals surface area contributed by atoms with Gasteiger partial charge in [0.05, 0.1) is 6.61 Å². The van der Waals surface area contributed by atoms with Gasteiger partial charge >= 0.3 is 11.9 Å². The van der Waals surface area contributed by atoms with Crippen molar-refractivity contribution in [2.45, 2.75) is 213 Å². The van der Waals surface area contributed by atoms with E-state index in [9.17, 15) is 14.7 Å². The van der Waals surface area contributed by atoms with Gasteiger partial charge in [-0.1, -0.05) is 235 Å². The molecule has 1 unspecified atom stereocenters. The predicted octanol–water partition coefficient (Wildman–Crippen LogP) is 19.0. The SMILES string of the molecule is CC/C=C\C/C=C\C/C=C\C/C=C\C/C=C\C/C=C\C/C=C\CCCCCCCCCC(=O)OC(CO)COC(=O)CCCCCCC/C=C\C/C=C\C/C=C\C/C=C\C/C=C\C/C=C\C/C=C\CC. The van der Waals surface area contributed by atoms with E-state index in [1.165, 1.54) is 25.7 Å². The first-order valence-corrected chi connectivity index (χ1v) is 27.7. The number of unbranched alkanes of at least 4 members (excludes halogenated alkanes) is 12. The molecule has 1 atom stereocenters. The second kappa shape index (κ2) is 58.6. The summed E-state index contributed by atoms with van der Waals surface area (Å²) in [4.78, 5) is 24.5. The number of aliphatic hydroxyl groups is 1. The molecule has 1 N–H and O–H groups in total. The van der Waals surface area contributed by atoms with Gasteiger partial charge in [0.1, 0.15) is 6.61 Å². The quantitative estimate of drug-likeness (QED) is 0.0374. The van der Waals surface area contributed by atoms with Crippen LogP contribution in [0.25, 0.3) is 0 Å². The summed E-state index contributed by atoms with van der Waals surface area (Å²) >= 11 is 0. The van der Waals surface area contributed by atoms with Crippen LogP contribution < -0.4 is 0 Å². The van der Waals surface area contributed by atoms with Gasteiger partial charge in [0, 0.05) is 12.8 Å². The Labute approximate surface area is 430 Å². The summed E-state index contributed by atoms with van der Waals surface area (Å²) < 4.78 is 10.7. The zero-order valence-electron chi connectivity index (χ0n) is 44.5. The molecule has 5 heteroatoms. The van der Waals surface area contributed by atoms with Crippen LogP contribution in [0.2, 0.25) is 0 Å². The van der Waals surface area contributed by atoms with Crippen molar-refractivity contribution in [1.29, 1.82) is 0 Å². The lowest BCUT2D eigenvalue weighted by atomic mass is 10.1. The number of esters is 2. The highest BCUT2D eigenvalue weighted by atomic mass is 16.6. The van der Waals surface area contributed by atoms with E-state index >= 15 is 0 Å². The van der Waals surface area contributed by atoms with Gasteiger partial charge in [-0.05, 0) is 128 Å². The van der Waals surface area contributed by atoms with Gasteiger partial charge in [-0.3, -0.25) is 9.59 Å². The molecule has 0 radical (unpaired) electrons. The van der Waals surface area contributed by atoms with Crippen LogP contribution in [0.15, 0.2) is 170 Å². The summed E-state index contributed by atoms with van der Waals surface area (Å²) in [6.45, 7) is 3.87. The Hall–Kier alpha value is -4.74. The minimum absolute atomic E-state index is 0.0936. The summed E-state index contributed by atoms with van der Waals surface area (Å²) in [5.74, 6) is -0.641. The minimum atomic E-state index is -0.802. The van der Waals surface area contributed by atoms with E-state index in [1.54, 1.807) is 0 Å². The van der Waals surface area contributed by atoms with E-state index in [0.29, 0.717) is 12.8 Å². The number of carbonyl (C=O) groups excluding carboxylic acids is 2. The summed E-state index contributed by atoms with van der Waals surface area (Å²) in [5, 5.41) is 9.65. The Bertz CT molecular complexity index is 1600. The minimum Gasteiger partial charge on any atom is -0.462 e. The summed E-state index contributed by atoms with van der Waals surface area (Å²) in [7, 11) is 0. The van der Waals surface area contributed by atoms with Crippen LogP contribution in [0.3, 0.4) is 0 Å². The third-order valence-corrected chi connectivity index (χ3v) is 11.0. The zero-order chi connectivity index (χ0) is 50.6. The maximum atomic E-state index is 12.3. The molecule has 0 saturated carbocycles. The van der Waals surface area contributed by atoms with E-state index in [0.717, 1.165) is 154 Å². The number of aliphatic hydroxyl groups excluding tert-OH is 1. The van der Waals surface area contributed by atoms with E-state index in [4.69, 9.17) is 9.47 Å². The molecule has 0 spiro atoms. The monoisotopic (exact) mass is 961 g/mol. The molecule has 0 bridgehead atoms. The highest BCUT2D eigenvalue weighted by molar-refractivity contribution is 5.70. The van der Waals surface area contributed by atoms with Crippen LogP contribution in [0.5, 0.6) is 0 Å². The Morgan fingerprint density at radius 3 is 0.857 bits per heavy atom. The van der Waals surface area contributed by atoms with Crippen LogP contribution in [-0.4, -0.2) is 36.4 Å². The number of allylic oxidation sites excluding steroid dienone is 28. The average molecular weight is 962 g/mol. The third-order valence-electron chi connectivity index (χ3n) is 11.0. The van der Waals surface area contributed by atoms with Crippen molar-refractivity contribution < 1.29 is 24.2 Å². The number of hydrogen-bond acceptors (Lipinski definition) is 5. The molecule has 0 amide bonds. The molecule has 0 rings (SSSR count). The predicted molar refractivity (Wildman–Crippen MR) is 306 cm³/mol. The Kier molecular flexibility index (Phi) is 54.6. The highest BCUT2D eigenvalue weighted by Crippen LogP contribution is 2.12. The van der Waals surface area contributed by atoms with Crippen molar-refractivity contribution in [3.05, 3.63) is 170 Å². The van der Waals surface area contributed by atoms with Crippen LogP contribution >= 0.6 is 0 Å². The average Bonchev–Trinajstić information content (AvgIpc) is 3.36. The lowest BCUT2D eigenvalue weighted by Crippen LogP contribution is -2.28. The van der Waals surface area contributed by atoms with E-state index in [2.05, 4.69) is 184 Å². The van der Waals surface area contributed by atoms with Crippen molar-refractivity contribution in [2.75, 3.05) is 13.2 Å². The number of carbonyl (C=O) groups is 2. The smallest absolute Gasteiger partial charge is 0.306 e. The first-order chi connectivity index (χ1) is 34.6. The molecule has 0 aliphatic heterocycles. The molecule has 0 aromatic heterocycles. The lowest BCUT2D eigenvalue weighted by molar-refractivity contribution is -0.161. The fraction of sp³-hybridized carbons (Fsp3) is 0.538. The maximum absolute atomic E-state index is 12.3. The number of rotatable bonds is 48. The fourth-order valence-electron chi connectivity index (χ4n) is 6.93. The lowest BCUT2D eigenvalue weighted by Gasteiger charge is -2.15. The Morgan fingerprint density at radius 1 is 0.329 bits per heavy atom. The number of ether oxygens (including phenoxy) is 2. The van der Waals surface area contributed by atoms with Crippen molar-refractivity contribution >= 4 is 11.9 Å². The topological polar surface area (TPSA) is 72.8 Å². The largest absolute Gasteiger partial charge is 0.462 e. The van der Waals surface area contributed by atoms with Crippen molar-refractivity contribution in [3.63, 3.8) is 0 Å². The molecule has 390 valence electrons. The molecule has 0 saturated heterocycles. The van der Waals surface area contributed by atoms with E-state index < -0.39 is 6.10 Å². The molecule has 0 aliphatic carbocycles. The van der Waals surface area contributed by atoms with Crippen LogP contribution in [0.4, 0.5) is 0 Å². The second-order valence-electron chi connectivity index (χ2n) is 17.5.